The van der Waals surface area contributed by atoms with Crippen molar-refractivity contribution in [2.45, 2.75) is 31.1 Å². The molecule has 0 saturated heterocycles. The summed E-state index contributed by atoms with van der Waals surface area (Å²) in [6, 6.07) is 6.52. The first-order valence-corrected chi connectivity index (χ1v) is 8.50. The molecule has 22 heavy (non-hydrogen) atoms. The van der Waals surface area contributed by atoms with Crippen LogP contribution in [-0.2, 0) is 14.8 Å². The van der Waals surface area contributed by atoms with E-state index in [1.807, 2.05) is 6.92 Å². The monoisotopic (exact) mass is 321 g/mol. The summed E-state index contributed by atoms with van der Waals surface area (Å²) in [7, 11) is -3.79. The number of benzene rings is 1. The van der Waals surface area contributed by atoms with Crippen LogP contribution in [0.15, 0.2) is 53.1 Å². The van der Waals surface area contributed by atoms with Gasteiger partial charge < -0.3 is 5.11 Å². The van der Waals surface area contributed by atoms with Crippen molar-refractivity contribution in [1.29, 1.82) is 0 Å². The number of carbonyl (C=O) groups is 1. The molecule has 0 saturated carbocycles. The summed E-state index contributed by atoms with van der Waals surface area (Å²) in [5.41, 5.74) is 0.934. The van der Waals surface area contributed by atoms with Gasteiger partial charge in [-0.25, -0.2) is 13.2 Å². The second-order valence-corrected chi connectivity index (χ2v) is 7.12. The standard InChI is InChI=1S/C16H19NO4S/c1-12-7-9-14(10-8-12)22(20,21)17-11-5-3-4-6-15(17)13(2)16(18)19/h6-10H,2-5,11H2,1H3,(H,18,19). The fourth-order valence-electron chi connectivity index (χ4n) is 2.33. The predicted octanol–water partition coefficient (Wildman–Crippen LogP) is 2.69. The molecule has 0 fully saturated rings. The highest BCUT2D eigenvalue weighted by atomic mass is 32.2. The van der Waals surface area contributed by atoms with Crippen LogP contribution < -0.4 is 0 Å². The van der Waals surface area contributed by atoms with Gasteiger partial charge in [0.2, 0.25) is 0 Å². The second-order valence-electron chi connectivity index (χ2n) is 5.26. The van der Waals surface area contributed by atoms with Crippen LogP contribution in [-0.4, -0.2) is 30.3 Å². The number of rotatable bonds is 4. The number of aryl methyl sites for hydroxylation is 1. The van der Waals surface area contributed by atoms with E-state index in [-0.39, 0.29) is 22.7 Å². The van der Waals surface area contributed by atoms with Crippen molar-refractivity contribution >= 4 is 16.0 Å². The van der Waals surface area contributed by atoms with Crippen LogP contribution in [0.4, 0.5) is 0 Å². The Kier molecular flexibility index (Phi) is 4.71. The number of sulfonamides is 1. The van der Waals surface area contributed by atoms with E-state index in [2.05, 4.69) is 6.58 Å². The van der Waals surface area contributed by atoms with Crippen LogP contribution in [0.25, 0.3) is 0 Å². The van der Waals surface area contributed by atoms with Gasteiger partial charge in [0.15, 0.2) is 0 Å². The molecule has 0 atom stereocenters. The lowest BCUT2D eigenvalue weighted by molar-refractivity contribution is -0.132. The molecular formula is C16H19NO4S. The molecule has 118 valence electrons. The van der Waals surface area contributed by atoms with Crippen molar-refractivity contribution < 1.29 is 18.3 Å². The summed E-state index contributed by atoms with van der Waals surface area (Å²) in [5, 5.41) is 9.15. The van der Waals surface area contributed by atoms with Gasteiger partial charge in [0.1, 0.15) is 0 Å². The van der Waals surface area contributed by atoms with Crippen molar-refractivity contribution in [1.82, 2.24) is 4.31 Å². The SMILES string of the molecule is C=C(C(=O)O)C1=CCCCCN1S(=O)(=O)c1ccc(C)cc1. The van der Waals surface area contributed by atoms with Crippen molar-refractivity contribution in [2.24, 2.45) is 0 Å². The molecule has 1 heterocycles. The van der Waals surface area contributed by atoms with Gasteiger partial charge in [-0.05, 0) is 38.3 Å². The smallest absolute Gasteiger partial charge is 0.337 e. The van der Waals surface area contributed by atoms with Crippen LogP contribution >= 0.6 is 0 Å². The summed E-state index contributed by atoms with van der Waals surface area (Å²) in [6.07, 6.45) is 3.78. The van der Waals surface area contributed by atoms with E-state index in [0.29, 0.717) is 12.8 Å². The van der Waals surface area contributed by atoms with Crippen molar-refractivity contribution in [3.8, 4) is 0 Å². The van der Waals surface area contributed by atoms with Crippen LogP contribution in [0.2, 0.25) is 0 Å². The van der Waals surface area contributed by atoms with Gasteiger partial charge in [0, 0.05) is 6.54 Å². The first-order valence-electron chi connectivity index (χ1n) is 7.06. The lowest BCUT2D eigenvalue weighted by Gasteiger charge is -2.26. The Morgan fingerprint density at radius 2 is 1.86 bits per heavy atom. The van der Waals surface area contributed by atoms with Gasteiger partial charge in [0.25, 0.3) is 10.0 Å². The number of hydrogen-bond donors (Lipinski definition) is 1. The molecule has 1 N–H and O–H groups in total. The maximum atomic E-state index is 12.8. The second kappa shape index (κ2) is 6.36. The Hall–Kier alpha value is -2.08. The maximum Gasteiger partial charge on any atom is 0.337 e. The normalized spacial score (nSPS) is 15.9. The van der Waals surface area contributed by atoms with Crippen LogP contribution in [0.1, 0.15) is 24.8 Å². The zero-order valence-electron chi connectivity index (χ0n) is 12.4. The molecule has 1 aliphatic heterocycles. The highest BCUT2D eigenvalue weighted by molar-refractivity contribution is 7.89. The zero-order chi connectivity index (χ0) is 16.3. The van der Waals surface area contributed by atoms with Gasteiger partial charge in [-0.15, -0.1) is 0 Å². The van der Waals surface area contributed by atoms with Gasteiger partial charge >= 0.3 is 5.97 Å². The lowest BCUT2D eigenvalue weighted by atomic mass is 10.2. The van der Waals surface area contributed by atoms with E-state index < -0.39 is 16.0 Å². The molecular weight excluding hydrogens is 302 g/mol. The highest BCUT2D eigenvalue weighted by Gasteiger charge is 2.30. The number of allylic oxidation sites excluding steroid dienone is 1. The molecule has 1 aromatic carbocycles. The highest BCUT2D eigenvalue weighted by Crippen LogP contribution is 2.28. The number of hydrogen-bond acceptors (Lipinski definition) is 3. The van der Waals surface area contributed by atoms with Crippen LogP contribution in [0, 0.1) is 6.92 Å². The molecule has 0 radical (unpaired) electrons. The summed E-state index contributed by atoms with van der Waals surface area (Å²) in [4.78, 5) is 11.4. The molecule has 1 aliphatic rings. The first-order chi connectivity index (χ1) is 10.3. The third-order valence-corrected chi connectivity index (χ3v) is 5.43. The topological polar surface area (TPSA) is 74.7 Å². The van der Waals surface area contributed by atoms with Gasteiger partial charge in [-0.2, -0.15) is 0 Å². The summed E-state index contributed by atoms with van der Waals surface area (Å²) in [5.74, 6) is -1.21. The molecule has 0 amide bonds. The first kappa shape index (κ1) is 16.3. The minimum Gasteiger partial charge on any atom is -0.478 e. The summed E-state index contributed by atoms with van der Waals surface area (Å²) < 4.78 is 26.8. The van der Waals surface area contributed by atoms with Gasteiger partial charge in [0.05, 0.1) is 16.2 Å². The Bertz CT molecular complexity index is 717. The fraction of sp³-hybridized carbons (Fsp3) is 0.312. The quantitative estimate of drug-likeness (QED) is 0.865. The molecule has 0 spiro atoms. The Labute approximate surface area is 130 Å². The molecule has 0 bridgehead atoms. The third kappa shape index (κ3) is 3.22. The minimum atomic E-state index is -3.79. The molecule has 1 aromatic rings. The number of carboxylic acids is 1. The summed E-state index contributed by atoms with van der Waals surface area (Å²) >= 11 is 0. The van der Waals surface area contributed by atoms with E-state index in [1.54, 1.807) is 18.2 Å². The third-order valence-electron chi connectivity index (χ3n) is 3.60. The van der Waals surface area contributed by atoms with Gasteiger partial charge in [-0.1, -0.05) is 30.4 Å². The largest absolute Gasteiger partial charge is 0.478 e. The van der Waals surface area contributed by atoms with Crippen LogP contribution in [0.5, 0.6) is 0 Å². The van der Waals surface area contributed by atoms with E-state index >= 15 is 0 Å². The maximum absolute atomic E-state index is 12.8. The van der Waals surface area contributed by atoms with Crippen molar-refractivity contribution in [2.75, 3.05) is 6.54 Å². The molecule has 0 unspecified atom stereocenters. The molecule has 5 nitrogen and oxygen atoms in total. The van der Waals surface area contributed by atoms with Crippen molar-refractivity contribution in [3.05, 3.63) is 53.8 Å². The predicted molar refractivity (Wildman–Crippen MR) is 83.8 cm³/mol. The molecule has 6 heteroatoms. The van der Waals surface area contributed by atoms with E-state index in [4.69, 9.17) is 5.11 Å². The Balaban J connectivity index is 2.47. The van der Waals surface area contributed by atoms with E-state index in [9.17, 15) is 13.2 Å². The van der Waals surface area contributed by atoms with Crippen molar-refractivity contribution in [3.63, 3.8) is 0 Å². The molecule has 2 rings (SSSR count). The minimum absolute atomic E-state index is 0.157. The number of nitrogens with zero attached hydrogens (tertiary/aromatic N) is 1. The average Bonchev–Trinajstić information content (AvgIpc) is 2.72. The molecule has 0 aromatic heterocycles. The average molecular weight is 321 g/mol. The van der Waals surface area contributed by atoms with Crippen LogP contribution in [0.3, 0.4) is 0 Å². The zero-order valence-corrected chi connectivity index (χ0v) is 13.3. The molecule has 0 aliphatic carbocycles. The van der Waals surface area contributed by atoms with Gasteiger partial charge in [-0.3, -0.25) is 4.31 Å². The Morgan fingerprint density at radius 3 is 2.45 bits per heavy atom. The number of aliphatic carboxylic acids is 1. The lowest BCUT2D eigenvalue weighted by Crippen LogP contribution is -2.32. The number of carboxylic acid groups (broad SMARTS) is 1. The summed E-state index contributed by atoms with van der Waals surface area (Å²) in [6.45, 7) is 5.65. The Morgan fingerprint density at radius 1 is 1.23 bits per heavy atom. The fourth-order valence-corrected chi connectivity index (χ4v) is 3.88. The van der Waals surface area contributed by atoms with E-state index in [1.165, 1.54) is 16.4 Å². The van der Waals surface area contributed by atoms with E-state index in [0.717, 1.165) is 12.0 Å².